The van der Waals surface area contributed by atoms with E-state index in [9.17, 15) is 27.9 Å². The lowest BCUT2D eigenvalue weighted by Crippen LogP contribution is -2.27. The van der Waals surface area contributed by atoms with Crippen molar-refractivity contribution in [2.45, 2.75) is 19.0 Å². The fourth-order valence-corrected chi connectivity index (χ4v) is 0.357. The molecule has 0 aliphatic carbocycles. The number of ketones is 1. The van der Waals surface area contributed by atoms with E-state index in [0.29, 0.717) is 0 Å². The van der Waals surface area contributed by atoms with E-state index < -0.39 is 30.8 Å². The minimum Gasteiger partial charge on any atom is -0.550 e. The molecule has 0 spiro atoms. The normalized spacial score (nSPS) is 11.2. The molecular formula is C5H4F3O3-. The van der Waals surface area contributed by atoms with Gasteiger partial charge in [0.05, 0.1) is 0 Å². The van der Waals surface area contributed by atoms with Crippen LogP contribution in [0, 0.1) is 0 Å². The summed E-state index contributed by atoms with van der Waals surface area (Å²) in [7, 11) is 0. The van der Waals surface area contributed by atoms with Crippen LogP contribution in [0.5, 0.6) is 0 Å². The molecule has 11 heavy (non-hydrogen) atoms. The third-order valence-corrected chi connectivity index (χ3v) is 0.872. The van der Waals surface area contributed by atoms with Crippen LogP contribution in [-0.4, -0.2) is 17.9 Å². The van der Waals surface area contributed by atoms with Crippen molar-refractivity contribution in [1.82, 2.24) is 0 Å². The standard InChI is InChI=1S/C5H5F3O3/c6-5(7,8)3(9)1-2-4(10)11/h1-2H2,(H,10,11)/p-1. The molecule has 0 saturated heterocycles. The van der Waals surface area contributed by atoms with Crippen LogP contribution in [0.3, 0.4) is 0 Å². The number of rotatable bonds is 3. The largest absolute Gasteiger partial charge is 0.550 e. The van der Waals surface area contributed by atoms with Crippen molar-refractivity contribution in [3.63, 3.8) is 0 Å². The van der Waals surface area contributed by atoms with Crippen LogP contribution < -0.4 is 5.11 Å². The Bertz CT molecular complexity index is 172. The summed E-state index contributed by atoms with van der Waals surface area (Å²) < 4.78 is 34.0. The van der Waals surface area contributed by atoms with Gasteiger partial charge in [0.25, 0.3) is 0 Å². The number of hydrogen-bond donors (Lipinski definition) is 0. The molecule has 0 heterocycles. The van der Waals surface area contributed by atoms with Crippen molar-refractivity contribution in [1.29, 1.82) is 0 Å². The molecule has 0 aromatic carbocycles. The molecule has 0 aliphatic rings. The number of halogens is 3. The Morgan fingerprint density at radius 1 is 1.18 bits per heavy atom. The molecule has 0 aromatic rings. The summed E-state index contributed by atoms with van der Waals surface area (Å²) in [5, 5.41) is 9.60. The molecule has 0 rings (SSSR count). The first-order chi connectivity index (χ1) is 4.84. The molecule has 0 unspecified atom stereocenters. The lowest BCUT2D eigenvalue weighted by Gasteiger charge is -2.04. The second kappa shape index (κ2) is 3.36. The Morgan fingerprint density at radius 2 is 1.64 bits per heavy atom. The van der Waals surface area contributed by atoms with Gasteiger partial charge < -0.3 is 9.90 Å². The number of carbonyl (C=O) groups is 2. The fraction of sp³-hybridized carbons (Fsp3) is 0.600. The Balaban J connectivity index is 3.80. The van der Waals surface area contributed by atoms with Gasteiger partial charge in [-0.3, -0.25) is 4.79 Å². The SMILES string of the molecule is O=C([O-])CCC(=O)C(F)(F)F. The highest BCUT2D eigenvalue weighted by atomic mass is 19.4. The van der Waals surface area contributed by atoms with Gasteiger partial charge in [-0.15, -0.1) is 0 Å². The summed E-state index contributed by atoms with van der Waals surface area (Å²) in [6.45, 7) is 0. The predicted molar refractivity (Wildman–Crippen MR) is 25.3 cm³/mol. The summed E-state index contributed by atoms with van der Waals surface area (Å²) in [4.78, 5) is 19.6. The van der Waals surface area contributed by atoms with Gasteiger partial charge in [-0.25, -0.2) is 0 Å². The monoisotopic (exact) mass is 169 g/mol. The number of carboxylic acid groups (broad SMARTS) is 1. The third-order valence-electron chi connectivity index (χ3n) is 0.872. The molecule has 0 atom stereocenters. The van der Waals surface area contributed by atoms with Crippen molar-refractivity contribution >= 4 is 11.8 Å². The van der Waals surface area contributed by atoms with Crippen LogP contribution in [0.2, 0.25) is 0 Å². The molecule has 0 radical (unpaired) electrons. The topological polar surface area (TPSA) is 57.2 Å². The van der Waals surface area contributed by atoms with E-state index in [1.807, 2.05) is 0 Å². The van der Waals surface area contributed by atoms with Crippen molar-refractivity contribution < 1.29 is 27.9 Å². The Labute approximate surface area is 59.8 Å². The van der Waals surface area contributed by atoms with Gasteiger partial charge in [0.2, 0.25) is 5.78 Å². The van der Waals surface area contributed by atoms with Crippen LogP contribution in [0.25, 0.3) is 0 Å². The number of carbonyl (C=O) groups excluding carboxylic acids is 2. The number of hydrogen-bond acceptors (Lipinski definition) is 3. The Hall–Kier alpha value is -1.07. The highest BCUT2D eigenvalue weighted by Crippen LogP contribution is 2.18. The maximum Gasteiger partial charge on any atom is 0.449 e. The zero-order chi connectivity index (χ0) is 9.07. The molecule has 0 bridgehead atoms. The van der Waals surface area contributed by atoms with Crippen molar-refractivity contribution in [3.8, 4) is 0 Å². The fourth-order valence-electron chi connectivity index (χ4n) is 0.357. The van der Waals surface area contributed by atoms with Crippen LogP contribution >= 0.6 is 0 Å². The summed E-state index contributed by atoms with van der Waals surface area (Å²) in [5.41, 5.74) is 0. The molecule has 64 valence electrons. The van der Waals surface area contributed by atoms with Crippen LogP contribution in [0.15, 0.2) is 0 Å². The number of Topliss-reactive ketones (excluding diaryl/α,β-unsaturated/α-hetero) is 1. The lowest BCUT2D eigenvalue weighted by atomic mass is 10.2. The summed E-state index contributed by atoms with van der Waals surface area (Å²) in [6.07, 6.45) is -6.88. The molecule has 6 heteroatoms. The number of carboxylic acids is 1. The van der Waals surface area contributed by atoms with E-state index in [1.165, 1.54) is 0 Å². The quantitative estimate of drug-likeness (QED) is 0.580. The Morgan fingerprint density at radius 3 is 1.91 bits per heavy atom. The summed E-state index contributed by atoms with van der Waals surface area (Å²) in [6, 6.07) is 0. The molecule has 0 aromatic heterocycles. The maximum absolute atomic E-state index is 11.3. The lowest BCUT2D eigenvalue weighted by molar-refractivity contribution is -0.305. The van der Waals surface area contributed by atoms with E-state index in [4.69, 9.17) is 0 Å². The van der Waals surface area contributed by atoms with Crippen molar-refractivity contribution in [2.75, 3.05) is 0 Å². The first-order valence-corrected chi connectivity index (χ1v) is 2.64. The maximum atomic E-state index is 11.3. The highest BCUT2D eigenvalue weighted by Gasteiger charge is 2.37. The van der Waals surface area contributed by atoms with Gasteiger partial charge in [-0.1, -0.05) is 0 Å². The van der Waals surface area contributed by atoms with Crippen LogP contribution in [-0.2, 0) is 9.59 Å². The van der Waals surface area contributed by atoms with E-state index >= 15 is 0 Å². The van der Waals surface area contributed by atoms with E-state index in [-0.39, 0.29) is 0 Å². The summed E-state index contributed by atoms with van der Waals surface area (Å²) in [5.74, 6) is -3.70. The number of aliphatic carboxylic acids is 1. The molecule has 0 fully saturated rings. The average Bonchev–Trinajstić information content (AvgIpc) is 1.80. The summed E-state index contributed by atoms with van der Waals surface area (Å²) >= 11 is 0. The first kappa shape index (κ1) is 9.93. The van der Waals surface area contributed by atoms with E-state index in [1.54, 1.807) is 0 Å². The minimum absolute atomic E-state index is 0.891. The van der Waals surface area contributed by atoms with Gasteiger partial charge in [-0.05, 0) is 6.42 Å². The van der Waals surface area contributed by atoms with Crippen LogP contribution in [0.1, 0.15) is 12.8 Å². The molecule has 0 amide bonds. The Kier molecular flexibility index (Phi) is 3.03. The zero-order valence-electron chi connectivity index (χ0n) is 5.27. The van der Waals surface area contributed by atoms with Crippen molar-refractivity contribution in [3.05, 3.63) is 0 Å². The predicted octanol–water partition coefficient (Wildman–Crippen LogP) is -0.352. The van der Waals surface area contributed by atoms with Gasteiger partial charge in [-0.2, -0.15) is 13.2 Å². The number of alkyl halides is 3. The first-order valence-electron chi connectivity index (χ1n) is 2.64. The molecule has 0 aliphatic heterocycles. The van der Waals surface area contributed by atoms with Gasteiger partial charge in [0.15, 0.2) is 0 Å². The van der Waals surface area contributed by atoms with Crippen molar-refractivity contribution in [2.24, 2.45) is 0 Å². The van der Waals surface area contributed by atoms with Gasteiger partial charge in [0.1, 0.15) is 0 Å². The zero-order valence-corrected chi connectivity index (χ0v) is 5.27. The van der Waals surface area contributed by atoms with Gasteiger partial charge in [0, 0.05) is 12.4 Å². The molecule has 3 nitrogen and oxygen atoms in total. The van der Waals surface area contributed by atoms with Crippen LogP contribution in [0.4, 0.5) is 13.2 Å². The van der Waals surface area contributed by atoms with E-state index in [0.717, 1.165) is 0 Å². The smallest absolute Gasteiger partial charge is 0.449 e. The minimum atomic E-state index is -4.94. The average molecular weight is 169 g/mol. The molecule has 0 N–H and O–H groups in total. The highest BCUT2D eigenvalue weighted by molar-refractivity contribution is 5.86. The molecule has 0 saturated carbocycles. The second-order valence-corrected chi connectivity index (χ2v) is 1.79. The van der Waals surface area contributed by atoms with E-state index in [2.05, 4.69) is 0 Å². The third kappa shape index (κ3) is 4.35. The van der Waals surface area contributed by atoms with Gasteiger partial charge >= 0.3 is 6.18 Å². The second-order valence-electron chi connectivity index (χ2n) is 1.79. The molecular weight excluding hydrogens is 165 g/mol.